The third-order valence-electron chi connectivity index (χ3n) is 2.31. The molecule has 6 heteroatoms. The number of rotatable bonds is 3. The van der Waals surface area contributed by atoms with Crippen molar-refractivity contribution in [1.82, 2.24) is 20.7 Å². The van der Waals surface area contributed by atoms with Crippen LogP contribution in [0.5, 0.6) is 0 Å². The first-order valence-corrected chi connectivity index (χ1v) is 5.50. The second-order valence-electron chi connectivity index (χ2n) is 3.26. The molecule has 1 aromatic heterocycles. The topological polar surface area (TPSA) is 53.6 Å². The second kappa shape index (κ2) is 4.71. The highest BCUT2D eigenvalue weighted by Crippen LogP contribution is 2.26. The molecule has 1 aromatic carbocycles. The van der Waals surface area contributed by atoms with Gasteiger partial charge in [-0.1, -0.05) is 12.1 Å². The predicted molar refractivity (Wildman–Crippen MR) is 61.4 cm³/mol. The number of H-pyrrole nitrogens is 1. The van der Waals surface area contributed by atoms with Crippen LogP contribution in [0.3, 0.4) is 0 Å². The van der Waals surface area contributed by atoms with Crippen molar-refractivity contribution in [3.63, 3.8) is 0 Å². The third kappa shape index (κ3) is 1.98. The molecule has 16 heavy (non-hydrogen) atoms. The van der Waals surface area contributed by atoms with Gasteiger partial charge >= 0.3 is 0 Å². The molecule has 0 bridgehead atoms. The fraction of sp³-hybridized carbons (Fsp3) is 0.200. The summed E-state index contributed by atoms with van der Waals surface area (Å²) in [6, 6.07) is 4.85. The van der Waals surface area contributed by atoms with Gasteiger partial charge in [-0.2, -0.15) is 15.4 Å². The van der Waals surface area contributed by atoms with Gasteiger partial charge in [0.15, 0.2) is 0 Å². The maximum Gasteiger partial charge on any atom is 0.142 e. The largest absolute Gasteiger partial charge is 0.308 e. The Kier molecular flexibility index (Phi) is 3.31. The minimum Gasteiger partial charge on any atom is -0.308 e. The number of aromatic amines is 1. The monoisotopic (exact) mass is 284 g/mol. The number of hydrogen-bond acceptors (Lipinski definition) is 3. The summed E-state index contributed by atoms with van der Waals surface area (Å²) in [5, 5.41) is 13.2. The third-order valence-corrected chi connectivity index (χ3v) is 2.92. The Morgan fingerprint density at radius 2 is 2.31 bits per heavy atom. The Bertz CT molecular complexity index is 472. The van der Waals surface area contributed by atoms with Gasteiger partial charge < -0.3 is 5.32 Å². The van der Waals surface area contributed by atoms with E-state index in [-0.39, 0.29) is 11.9 Å². The van der Waals surface area contributed by atoms with Crippen LogP contribution in [0.4, 0.5) is 4.39 Å². The van der Waals surface area contributed by atoms with Crippen molar-refractivity contribution in [3.05, 3.63) is 45.9 Å². The van der Waals surface area contributed by atoms with Crippen LogP contribution >= 0.6 is 15.9 Å². The van der Waals surface area contributed by atoms with Crippen molar-refractivity contribution >= 4 is 15.9 Å². The molecule has 2 aromatic rings. The van der Waals surface area contributed by atoms with E-state index < -0.39 is 0 Å². The molecule has 1 atom stereocenters. The summed E-state index contributed by atoms with van der Waals surface area (Å²) in [6.07, 6.45) is 1.57. The molecule has 2 rings (SSSR count). The summed E-state index contributed by atoms with van der Waals surface area (Å²) in [5.74, 6) is -0.287. The lowest BCUT2D eigenvalue weighted by Crippen LogP contribution is -2.19. The molecule has 0 saturated heterocycles. The van der Waals surface area contributed by atoms with E-state index in [2.05, 4.69) is 36.7 Å². The normalized spacial score (nSPS) is 12.7. The lowest BCUT2D eigenvalue weighted by atomic mass is 10.0. The smallest absolute Gasteiger partial charge is 0.142 e. The average Bonchev–Trinajstić information content (AvgIpc) is 2.79. The van der Waals surface area contributed by atoms with Crippen LogP contribution in [0.1, 0.15) is 17.3 Å². The van der Waals surface area contributed by atoms with Crippen LogP contribution in [-0.4, -0.2) is 22.5 Å². The number of halogens is 2. The van der Waals surface area contributed by atoms with Crippen LogP contribution in [0.15, 0.2) is 28.9 Å². The maximum atomic E-state index is 13.9. The van der Waals surface area contributed by atoms with Gasteiger partial charge in [0.25, 0.3) is 0 Å². The van der Waals surface area contributed by atoms with Gasteiger partial charge in [-0.05, 0) is 29.0 Å². The van der Waals surface area contributed by atoms with Gasteiger partial charge in [0, 0.05) is 5.56 Å². The van der Waals surface area contributed by atoms with Crippen molar-refractivity contribution in [2.24, 2.45) is 0 Å². The molecule has 0 radical (unpaired) electrons. The Morgan fingerprint density at radius 3 is 2.94 bits per heavy atom. The van der Waals surface area contributed by atoms with Gasteiger partial charge in [0.05, 0.1) is 16.7 Å². The first-order chi connectivity index (χ1) is 7.74. The van der Waals surface area contributed by atoms with E-state index in [0.717, 1.165) is 0 Å². The molecule has 0 amide bonds. The highest BCUT2D eigenvalue weighted by atomic mass is 79.9. The SMILES string of the molecule is CNC(c1cn[nH]n1)c1cccc(Br)c1F. The molecule has 84 valence electrons. The van der Waals surface area contributed by atoms with E-state index >= 15 is 0 Å². The Morgan fingerprint density at radius 1 is 1.50 bits per heavy atom. The first-order valence-electron chi connectivity index (χ1n) is 4.71. The molecular weight excluding hydrogens is 275 g/mol. The highest BCUT2D eigenvalue weighted by molar-refractivity contribution is 9.10. The predicted octanol–water partition coefficient (Wildman–Crippen LogP) is 2.02. The van der Waals surface area contributed by atoms with Crippen LogP contribution in [0.2, 0.25) is 0 Å². The van der Waals surface area contributed by atoms with Crippen molar-refractivity contribution in [3.8, 4) is 0 Å². The van der Waals surface area contributed by atoms with Gasteiger partial charge in [0.1, 0.15) is 11.5 Å². The maximum absolute atomic E-state index is 13.9. The van der Waals surface area contributed by atoms with E-state index in [0.29, 0.717) is 15.7 Å². The number of nitrogens with zero attached hydrogens (tertiary/aromatic N) is 2. The Hall–Kier alpha value is -1.27. The zero-order chi connectivity index (χ0) is 11.5. The van der Waals surface area contributed by atoms with Gasteiger partial charge in [-0.25, -0.2) is 4.39 Å². The summed E-state index contributed by atoms with van der Waals surface area (Å²) in [7, 11) is 1.75. The van der Waals surface area contributed by atoms with Crippen molar-refractivity contribution in [2.45, 2.75) is 6.04 Å². The molecule has 0 aliphatic rings. The van der Waals surface area contributed by atoms with Crippen LogP contribution in [0, 0.1) is 5.82 Å². The number of hydrogen-bond donors (Lipinski definition) is 2. The minimum atomic E-state index is -0.309. The second-order valence-corrected chi connectivity index (χ2v) is 4.11. The lowest BCUT2D eigenvalue weighted by molar-refractivity contribution is 0.565. The number of nitrogens with one attached hydrogen (secondary N) is 2. The van der Waals surface area contributed by atoms with E-state index in [1.54, 1.807) is 31.4 Å². The summed E-state index contributed by atoms with van der Waals surface area (Å²) in [6.45, 7) is 0. The molecule has 0 fully saturated rings. The van der Waals surface area contributed by atoms with Crippen LogP contribution in [0.25, 0.3) is 0 Å². The lowest BCUT2D eigenvalue weighted by Gasteiger charge is -2.14. The Labute approximate surface area is 100 Å². The van der Waals surface area contributed by atoms with E-state index in [4.69, 9.17) is 0 Å². The summed E-state index contributed by atoms with van der Waals surface area (Å²) >= 11 is 3.16. The standard InChI is InChI=1S/C10H10BrFN4/c1-13-10(8-5-14-16-15-8)6-3-2-4-7(11)9(6)12/h2-5,10,13H,1H3,(H,14,15,16). The van der Waals surface area contributed by atoms with E-state index in [1.807, 2.05) is 0 Å². The average molecular weight is 285 g/mol. The van der Waals surface area contributed by atoms with Crippen LogP contribution < -0.4 is 5.32 Å². The van der Waals surface area contributed by atoms with Gasteiger partial charge in [-0.15, -0.1) is 0 Å². The zero-order valence-corrected chi connectivity index (χ0v) is 10.1. The first kappa shape index (κ1) is 11.2. The molecule has 0 aliphatic heterocycles. The van der Waals surface area contributed by atoms with Crippen molar-refractivity contribution in [1.29, 1.82) is 0 Å². The van der Waals surface area contributed by atoms with Gasteiger partial charge in [0.2, 0.25) is 0 Å². The Balaban J connectivity index is 2.45. The molecule has 0 saturated carbocycles. The molecular formula is C10H10BrFN4. The fourth-order valence-electron chi connectivity index (χ4n) is 1.56. The fourth-order valence-corrected chi connectivity index (χ4v) is 1.94. The molecule has 2 N–H and O–H groups in total. The van der Waals surface area contributed by atoms with Crippen molar-refractivity contribution in [2.75, 3.05) is 7.05 Å². The number of aromatic nitrogens is 3. The summed E-state index contributed by atoms with van der Waals surface area (Å²) in [4.78, 5) is 0. The summed E-state index contributed by atoms with van der Waals surface area (Å²) in [5.41, 5.74) is 1.19. The molecule has 4 nitrogen and oxygen atoms in total. The quantitative estimate of drug-likeness (QED) is 0.907. The molecule has 1 unspecified atom stereocenters. The highest BCUT2D eigenvalue weighted by Gasteiger charge is 2.19. The molecule has 1 heterocycles. The zero-order valence-electron chi connectivity index (χ0n) is 8.54. The molecule has 0 spiro atoms. The van der Waals surface area contributed by atoms with Crippen molar-refractivity contribution < 1.29 is 4.39 Å². The van der Waals surface area contributed by atoms with E-state index in [1.165, 1.54) is 0 Å². The van der Waals surface area contributed by atoms with E-state index in [9.17, 15) is 4.39 Å². The molecule has 0 aliphatic carbocycles. The number of benzene rings is 1. The minimum absolute atomic E-state index is 0.287. The summed E-state index contributed by atoms with van der Waals surface area (Å²) < 4.78 is 14.3. The van der Waals surface area contributed by atoms with Crippen LogP contribution in [-0.2, 0) is 0 Å². The van der Waals surface area contributed by atoms with Gasteiger partial charge in [-0.3, -0.25) is 0 Å².